The summed E-state index contributed by atoms with van der Waals surface area (Å²) < 4.78 is 5.64. The number of fused-ring (bicyclic) bond motifs is 1. The molecule has 0 aliphatic carbocycles. The summed E-state index contributed by atoms with van der Waals surface area (Å²) in [4.78, 5) is 28.3. The smallest absolute Gasteiger partial charge is 0.339 e. The molecule has 176 valence electrons. The van der Waals surface area contributed by atoms with Gasteiger partial charge >= 0.3 is 5.97 Å². The predicted octanol–water partition coefficient (Wildman–Crippen LogP) is 7.06. The number of unbranched alkanes of at least 4 members (excludes halogenated alkanes) is 2. The standard InChI is InChI=1S/C26H32N2O4S/c1-16(2)18-10-8-11-19(17(3)4)23(18)28-22(29)14-6-5-7-15-33-26-27-21-13-9-12-20(25(30)31)24(21)32-26/h8-13,16-17H,5-7,14-15H2,1-4H3,(H,28,29)(H,30,31). The largest absolute Gasteiger partial charge is 0.478 e. The molecule has 0 saturated carbocycles. The van der Waals surface area contributed by atoms with E-state index in [0.29, 0.717) is 34.6 Å². The number of hydrogen-bond acceptors (Lipinski definition) is 5. The summed E-state index contributed by atoms with van der Waals surface area (Å²) >= 11 is 1.47. The summed E-state index contributed by atoms with van der Waals surface area (Å²) in [6.07, 6.45) is 3.13. The van der Waals surface area contributed by atoms with Crippen molar-refractivity contribution in [3.63, 3.8) is 0 Å². The fraction of sp³-hybridized carbons (Fsp3) is 0.423. The Morgan fingerprint density at radius 1 is 1.00 bits per heavy atom. The minimum atomic E-state index is -1.02. The Kier molecular flexibility index (Phi) is 8.55. The van der Waals surface area contributed by atoms with Crippen LogP contribution in [0, 0.1) is 0 Å². The van der Waals surface area contributed by atoms with Gasteiger partial charge in [0.2, 0.25) is 5.91 Å². The van der Waals surface area contributed by atoms with Crippen LogP contribution in [0.4, 0.5) is 5.69 Å². The maximum atomic E-state index is 12.6. The minimum Gasteiger partial charge on any atom is -0.478 e. The molecule has 0 radical (unpaired) electrons. The Morgan fingerprint density at radius 2 is 1.67 bits per heavy atom. The van der Waals surface area contributed by atoms with Crippen LogP contribution in [0.15, 0.2) is 46.0 Å². The zero-order valence-corrected chi connectivity index (χ0v) is 20.5. The van der Waals surface area contributed by atoms with Crippen LogP contribution in [0.1, 0.15) is 86.7 Å². The van der Waals surface area contributed by atoms with Crippen molar-refractivity contribution in [1.29, 1.82) is 0 Å². The van der Waals surface area contributed by atoms with E-state index in [2.05, 4.69) is 56.2 Å². The Hall–Kier alpha value is -2.80. The van der Waals surface area contributed by atoms with Crippen LogP contribution in [0.3, 0.4) is 0 Å². The molecule has 0 bridgehead atoms. The van der Waals surface area contributed by atoms with E-state index in [0.717, 1.165) is 30.7 Å². The van der Waals surface area contributed by atoms with Gasteiger partial charge in [0.1, 0.15) is 11.1 Å². The summed E-state index contributed by atoms with van der Waals surface area (Å²) in [5.74, 6) is 0.509. The van der Waals surface area contributed by atoms with Crippen molar-refractivity contribution < 1.29 is 19.1 Å². The van der Waals surface area contributed by atoms with Crippen LogP contribution >= 0.6 is 11.8 Å². The van der Waals surface area contributed by atoms with Crippen molar-refractivity contribution in [1.82, 2.24) is 4.98 Å². The lowest BCUT2D eigenvalue weighted by molar-refractivity contribution is -0.116. The van der Waals surface area contributed by atoms with Gasteiger partial charge in [-0.3, -0.25) is 4.79 Å². The van der Waals surface area contributed by atoms with Crippen molar-refractivity contribution >= 4 is 40.4 Å². The van der Waals surface area contributed by atoms with Gasteiger partial charge in [-0.1, -0.05) is 70.1 Å². The highest BCUT2D eigenvalue weighted by Gasteiger charge is 2.16. The summed E-state index contributed by atoms with van der Waals surface area (Å²) in [6.45, 7) is 8.58. The molecule has 0 saturated heterocycles. The quantitative estimate of drug-likeness (QED) is 0.231. The molecule has 0 atom stereocenters. The second-order valence-corrected chi connectivity index (χ2v) is 9.81. The molecule has 0 unspecified atom stereocenters. The van der Waals surface area contributed by atoms with Gasteiger partial charge in [-0.25, -0.2) is 9.78 Å². The molecule has 3 aromatic rings. The van der Waals surface area contributed by atoms with Crippen LogP contribution in [0.25, 0.3) is 11.1 Å². The number of hydrogen-bond donors (Lipinski definition) is 2. The molecule has 6 nitrogen and oxygen atoms in total. The Morgan fingerprint density at radius 3 is 2.30 bits per heavy atom. The number of aromatic nitrogens is 1. The highest BCUT2D eigenvalue weighted by molar-refractivity contribution is 7.99. The fourth-order valence-electron chi connectivity index (χ4n) is 3.78. The molecular weight excluding hydrogens is 436 g/mol. The Labute approximate surface area is 199 Å². The lowest BCUT2D eigenvalue weighted by Crippen LogP contribution is -2.15. The summed E-state index contributed by atoms with van der Waals surface area (Å²) in [5.41, 5.74) is 4.31. The van der Waals surface area contributed by atoms with Crippen molar-refractivity contribution in [2.24, 2.45) is 0 Å². The molecule has 0 aliphatic rings. The molecule has 1 aromatic heterocycles. The highest BCUT2D eigenvalue weighted by atomic mass is 32.2. The molecule has 1 amide bonds. The minimum absolute atomic E-state index is 0.0535. The first-order valence-corrected chi connectivity index (χ1v) is 12.4. The number of nitrogens with zero attached hydrogens (tertiary/aromatic N) is 1. The lowest BCUT2D eigenvalue weighted by atomic mass is 9.92. The third kappa shape index (κ3) is 6.38. The predicted molar refractivity (Wildman–Crippen MR) is 133 cm³/mol. The Balaban J connectivity index is 1.46. The molecule has 0 fully saturated rings. The number of carboxylic acid groups (broad SMARTS) is 1. The first-order valence-electron chi connectivity index (χ1n) is 11.5. The van der Waals surface area contributed by atoms with Gasteiger partial charge in [0.05, 0.1) is 0 Å². The second kappa shape index (κ2) is 11.4. The van der Waals surface area contributed by atoms with E-state index >= 15 is 0 Å². The molecule has 3 rings (SSSR count). The molecular formula is C26H32N2O4S. The van der Waals surface area contributed by atoms with Gasteiger partial charge in [-0.05, 0) is 47.9 Å². The average molecular weight is 469 g/mol. The third-order valence-corrected chi connectivity index (χ3v) is 6.45. The molecule has 2 aromatic carbocycles. The zero-order chi connectivity index (χ0) is 24.0. The lowest BCUT2D eigenvalue weighted by Gasteiger charge is -2.20. The van der Waals surface area contributed by atoms with Gasteiger partial charge in [0, 0.05) is 17.9 Å². The number of aromatic carboxylic acids is 1. The molecule has 7 heteroatoms. The molecule has 0 aliphatic heterocycles. The fourth-order valence-corrected chi connectivity index (χ4v) is 4.61. The van der Waals surface area contributed by atoms with E-state index in [1.807, 2.05) is 0 Å². The summed E-state index contributed by atoms with van der Waals surface area (Å²) in [7, 11) is 0. The topological polar surface area (TPSA) is 92.4 Å². The van der Waals surface area contributed by atoms with E-state index in [1.165, 1.54) is 29.0 Å². The highest BCUT2D eigenvalue weighted by Crippen LogP contribution is 2.32. The monoisotopic (exact) mass is 468 g/mol. The number of amides is 1. The molecule has 0 spiro atoms. The second-order valence-electron chi connectivity index (χ2n) is 8.77. The van der Waals surface area contributed by atoms with Gasteiger partial charge in [0.15, 0.2) is 5.58 Å². The summed E-state index contributed by atoms with van der Waals surface area (Å²) in [5, 5.41) is 12.9. The van der Waals surface area contributed by atoms with Gasteiger partial charge in [-0.15, -0.1) is 0 Å². The number of rotatable bonds is 11. The van der Waals surface area contributed by atoms with Crippen LogP contribution in [-0.4, -0.2) is 27.7 Å². The number of thioether (sulfide) groups is 1. The number of anilines is 1. The van der Waals surface area contributed by atoms with Crippen LogP contribution < -0.4 is 5.32 Å². The first-order chi connectivity index (χ1) is 15.8. The number of para-hydroxylation sites is 2. The first kappa shape index (κ1) is 24.8. The normalized spacial score (nSPS) is 11.5. The number of benzene rings is 2. The zero-order valence-electron chi connectivity index (χ0n) is 19.7. The van der Waals surface area contributed by atoms with Crippen molar-refractivity contribution in [2.75, 3.05) is 11.1 Å². The molecule has 1 heterocycles. The van der Waals surface area contributed by atoms with E-state index < -0.39 is 5.97 Å². The average Bonchev–Trinajstić information content (AvgIpc) is 3.18. The van der Waals surface area contributed by atoms with Crippen molar-refractivity contribution in [2.45, 2.75) is 70.4 Å². The van der Waals surface area contributed by atoms with Gasteiger partial charge in [0.25, 0.3) is 5.22 Å². The van der Waals surface area contributed by atoms with E-state index in [9.17, 15) is 14.7 Å². The van der Waals surface area contributed by atoms with Crippen molar-refractivity contribution in [3.05, 3.63) is 53.1 Å². The van der Waals surface area contributed by atoms with Gasteiger partial charge < -0.3 is 14.8 Å². The Bertz CT molecular complexity index is 1090. The third-order valence-electron chi connectivity index (χ3n) is 5.54. The molecule has 33 heavy (non-hydrogen) atoms. The van der Waals surface area contributed by atoms with E-state index in [1.54, 1.807) is 12.1 Å². The van der Waals surface area contributed by atoms with E-state index in [4.69, 9.17) is 4.42 Å². The van der Waals surface area contributed by atoms with E-state index in [-0.39, 0.29) is 11.5 Å². The van der Waals surface area contributed by atoms with Crippen LogP contribution in [0.2, 0.25) is 0 Å². The number of carboxylic acids is 1. The van der Waals surface area contributed by atoms with Crippen LogP contribution in [0.5, 0.6) is 0 Å². The van der Waals surface area contributed by atoms with Gasteiger partial charge in [-0.2, -0.15) is 0 Å². The molecule has 2 N–H and O–H groups in total. The number of carbonyl (C=O) groups excluding carboxylic acids is 1. The number of oxazole rings is 1. The maximum Gasteiger partial charge on any atom is 0.339 e. The van der Waals surface area contributed by atoms with Crippen molar-refractivity contribution in [3.8, 4) is 0 Å². The SMILES string of the molecule is CC(C)c1cccc(C(C)C)c1NC(=O)CCCCCSc1nc2cccc(C(=O)O)c2o1. The van der Waals surface area contributed by atoms with Crippen LogP contribution in [-0.2, 0) is 4.79 Å². The number of carbonyl (C=O) groups is 2. The summed E-state index contributed by atoms with van der Waals surface area (Å²) in [6, 6.07) is 11.2. The maximum absolute atomic E-state index is 12.6. The number of nitrogens with one attached hydrogen (secondary N) is 1.